The zero-order valence-corrected chi connectivity index (χ0v) is 17.5. The molecule has 1 aromatic heterocycles. The number of carbonyl (C=O) groups excluding carboxylic acids is 2. The number of likely N-dealkylation sites (N-methyl/N-ethyl adjacent to an activating group) is 2. The average Bonchev–Trinajstić information content (AvgIpc) is 3.17. The third-order valence-corrected chi connectivity index (χ3v) is 6.05. The van der Waals surface area contributed by atoms with E-state index in [9.17, 15) is 30.2 Å². The van der Waals surface area contributed by atoms with Gasteiger partial charge < -0.3 is 35.4 Å². The van der Waals surface area contributed by atoms with Crippen molar-refractivity contribution in [3.63, 3.8) is 0 Å². The summed E-state index contributed by atoms with van der Waals surface area (Å²) in [5.41, 5.74) is -0.441. The van der Waals surface area contributed by atoms with E-state index in [1.165, 1.54) is 37.2 Å². The predicted molar refractivity (Wildman–Crippen MR) is 116 cm³/mol. The van der Waals surface area contributed by atoms with Crippen LogP contribution < -0.4 is 5.23 Å². The van der Waals surface area contributed by atoms with Crippen molar-refractivity contribution in [3.05, 3.63) is 65.0 Å². The molecule has 168 valence electrons. The smallest absolute Gasteiger partial charge is 0.276 e. The third kappa shape index (κ3) is 3.44. The van der Waals surface area contributed by atoms with Gasteiger partial charge in [-0.25, -0.2) is 0 Å². The number of benzene rings is 2. The molecule has 10 heteroatoms. The largest absolute Gasteiger partial charge is 0.733 e. The van der Waals surface area contributed by atoms with Gasteiger partial charge in [0.1, 0.15) is 11.8 Å². The number of hydrogen-bond acceptors (Lipinski definition) is 7. The van der Waals surface area contributed by atoms with Crippen molar-refractivity contribution in [2.75, 3.05) is 19.3 Å². The lowest BCUT2D eigenvalue weighted by Gasteiger charge is -2.47. The first-order valence-corrected chi connectivity index (χ1v) is 9.94. The zero-order chi connectivity index (χ0) is 23.2. The summed E-state index contributed by atoms with van der Waals surface area (Å²) in [4.78, 5) is 31.6. The Kier molecular flexibility index (Phi) is 5.29. The molecule has 4 N–H and O–H groups in total. The van der Waals surface area contributed by atoms with Gasteiger partial charge in [-0.2, -0.15) is 0 Å². The number of phenols is 1. The lowest BCUT2D eigenvalue weighted by Crippen LogP contribution is -2.70. The number of piperazine rings is 1. The van der Waals surface area contributed by atoms with Crippen LogP contribution in [0, 0.1) is 5.21 Å². The first-order valence-electron chi connectivity index (χ1n) is 9.94. The second kappa shape index (κ2) is 7.83. The van der Waals surface area contributed by atoms with Crippen molar-refractivity contribution in [2.24, 2.45) is 0 Å². The maximum absolute atomic E-state index is 13.2. The van der Waals surface area contributed by atoms with E-state index >= 15 is 0 Å². The second-order valence-corrected chi connectivity index (χ2v) is 7.98. The Morgan fingerprint density at radius 3 is 2.59 bits per heavy atom. The van der Waals surface area contributed by atoms with E-state index in [1.54, 1.807) is 30.5 Å². The number of anilines is 1. The maximum atomic E-state index is 13.2. The Hall–Kier alpha value is -3.60. The minimum Gasteiger partial charge on any atom is -0.733 e. The van der Waals surface area contributed by atoms with E-state index in [2.05, 4.69) is 4.98 Å². The summed E-state index contributed by atoms with van der Waals surface area (Å²) < 4.78 is 0. The minimum atomic E-state index is -2.11. The monoisotopic (exact) mass is 439 g/mol. The molecule has 0 aliphatic carbocycles. The molecule has 0 saturated carbocycles. The van der Waals surface area contributed by atoms with Gasteiger partial charge in [0.05, 0.1) is 5.69 Å². The molecule has 3 aromatic rings. The van der Waals surface area contributed by atoms with Gasteiger partial charge in [-0.15, -0.1) is 0 Å². The van der Waals surface area contributed by atoms with Crippen molar-refractivity contribution < 1.29 is 25.0 Å². The van der Waals surface area contributed by atoms with Crippen LogP contribution in [0.4, 0.5) is 5.69 Å². The van der Waals surface area contributed by atoms with Crippen LogP contribution in [-0.4, -0.2) is 67.9 Å². The highest BCUT2D eigenvalue weighted by atomic mass is 16.8. The number of H-pyrrole nitrogens is 1. The van der Waals surface area contributed by atoms with Crippen molar-refractivity contribution in [2.45, 2.75) is 24.6 Å². The van der Waals surface area contributed by atoms with Crippen LogP contribution in [-0.2, 0) is 22.4 Å². The quantitative estimate of drug-likeness (QED) is 0.439. The van der Waals surface area contributed by atoms with E-state index in [4.69, 9.17) is 0 Å². The number of hydrogen-bond donors (Lipinski definition) is 4. The van der Waals surface area contributed by atoms with Crippen molar-refractivity contribution in [3.8, 4) is 5.75 Å². The summed E-state index contributed by atoms with van der Waals surface area (Å²) in [5, 5.41) is 42.1. The van der Waals surface area contributed by atoms with Crippen LogP contribution in [0.2, 0.25) is 0 Å². The summed E-state index contributed by atoms with van der Waals surface area (Å²) in [6.07, 6.45) is 1.50. The first-order chi connectivity index (χ1) is 15.1. The molecule has 2 aromatic carbocycles. The molecule has 4 rings (SSSR count). The molecule has 1 saturated heterocycles. The third-order valence-electron chi connectivity index (χ3n) is 6.05. The van der Waals surface area contributed by atoms with Crippen LogP contribution in [0.5, 0.6) is 5.75 Å². The topological polar surface area (TPSA) is 143 Å². The summed E-state index contributed by atoms with van der Waals surface area (Å²) in [6, 6.07) is 9.98. The Labute approximate surface area is 183 Å². The summed E-state index contributed by atoms with van der Waals surface area (Å²) >= 11 is 0. The minimum absolute atomic E-state index is 0.0130. The van der Waals surface area contributed by atoms with E-state index in [0.29, 0.717) is 22.0 Å². The van der Waals surface area contributed by atoms with Gasteiger partial charge in [-0.1, -0.05) is 18.2 Å². The molecule has 2 amide bonds. The number of aromatic amines is 1. The van der Waals surface area contributed by atoms with Gasteiger partial charge in [0.25, 0.3) is 5.91 Å². The van der Waals surface area contributed by atoms with E-state index in [0.717, 1.165) is 4.90 Å². The van der Waals surface area contributed by atoms with E-state index < -0.39 is 23.6 Å². The summed E-state index contributed by atoms with van der Waals surface area (Å²) in [5.74, 6) is -1.16. The van der Waals surface area contributed by atoms with Crippen LogP contribution in [0.1, 0.15) is 11.1 Å². The van der Waals surface area contributed by atoms with Crippen molar-refractivity contribution in [1.82, 2.24) is 14.8 Å². The molecular formula is C22H23N4O6-. The van der Waals surface area contributed by atoms with Crippen LogP contribution in [0.25, 0.3) is 10.9 Å². The molecule has 0 spiro atoms. The predicted octanol–water partition coefficient (Wildman–Crippen LogP) is 1.34. The number of aromatic hydroxyl groups is 1. The number of carbonyl (C=O) groups is 2. The molecule has 32 heavy (non-hydrogen) atoms. The van der Waals surface area contributed by atoms with Crippen molar-refractivity contribution in [1.29, 1.82) is 0 Å². The molecule has 1 aliphatic rings. The van der Waals surface area contributed by atoms with Gasteiger partial charge in [0.2, 0.25) is 11.6 Å². The first kappa shape index (κ1) is 21.6. The fourth-order valence-corrected chi connectivity index (χ4v) is 4.27. The normalized spacial score (nSPS) is 21.5. The highest BCUT2D eigenvalue weighted by molar-refractivity contribution is 6.00. The molecular weight excluding hydrogens is 416 g/mol. The summed E-state index contributed by atoms with van der Waals surface area (Å²) in [7, 11) is 2.80. The lowest BCUT2D eigenvalue weighted by molar-refractivity contribution is -0.194. The molecule has 2 heterocycles. The fourth-order valence-electron chi connectivity index (χ4n) is 4.27. The molecule has 0 unspecified atom stereocenters. The number of amides is 2. The lowest BCUT2D eigenvalue weighted by atomic mass is 9.92. The van der Waals surface area contributed by atoms with Crippen LogP contribution in [0.15, 0.2) is 48.7 Å². The number of nitrogens with one attached hydrogen (secondary N) is 1. The van der Waals surface area contributed by atoms with E-state index in [1.807, 2.05) is 0 Å². The molecule has 2 atom stereocenters. The number of fused-ring (bicyclic) bond motifs is 1. The maximum Gasteiger partial charge on any atom is 0.276 e. The molecule has 1 fully saturated rings. The number of nitrogens with zero attached hydrogens (tertiary/aromatic N) is 3. The molecule has 10 nitrogen and oxygen atoms in total. The Morgan fingerprint density at radius 1 is 1.19 bits per heavy atom. The number of phenolic OH excluding ortho intramolecular Hbond substituents is 1. The SMILES string of the molecule is CN1C(=O)[C@](O)(Cc2cccc(O)c2)N(C)C(=O)[C@@H]1Cc1c[nH]c2cccc(N([O-])O)c12. The van der Waals surface area contributed by atoms with Crippen molar-refractivity contribution >= 4 is 28.4 Å². The average molecular weight is 439 g/mol. The van der Waals surface area contributed by atoms with E-state index in [-0.39, 0.29) is 29.5 Å². The highest BCUT2D eigenvalue weighted by Crippen LogP contribution is 2.33. The standard InChI is InChI=1S/C22H23N4O6/c1-24-18(10-14-12-23-16-7-4-8-17(19(14)16)26(31)32)20(28)25(2)22(30,21(24)29)11-13-5-3-6-15(27)9-13/h3-9,12,18,23,27,30-31H,10-11H2,1-2H3/q-1/t18-,22+/m0/s1. The molecule has 1 aliphatic heterocycles. The van der Waals surface area contributed by atoms with Gasteiger partial charge >= 0.3 is 0 Å². The molecule has 0 bridgehead atoms. The van der Waals surface area contributed by atoms with Crippen LogP contribution >= 0.6 is 0 Å². The van der Waals surface area contributed by atoms with Gasteiger partial charge in [0.15, 0.2) is 0 Å². The number of rotatable bonds is 5. The van der Waals surface area contributed by atoms with Crippen LogP contribution in [0.3, 0.4) is 0 Å². The highest BCUT2D eigenvalue weighted by Gasteiger charge is 2.53. The zero-order valence-electron chi connectivity index (χ0n) is 17.5. The Morgan fingerprint density at radius 2 is 1.91 bits per heavy atom. The Bertz CT molecular complexity index is 1190. The number of aliphatic hydroxyl groups is 1. The fraction of sp³-hybridized carbons (Fsp3) is 0.273. The van der Waals surface area contributed by atoms with Gasteiger partial charge in [0, 0.05) is 44.0 Å². The number of aromatic nitrogens is 1. The Balaban J connectivity index is 1.65. The van der Waals surface area contributed by atoms with Gasteiger partial charge in [-0.05, 0) is 35.4 Å². The molecule has 0 radical (unpaired) electrons. The second-order valence-electron chi connectivity index (χ2n) is 7.98. The summed E-state index contributed by atoms with van der Waals surface area (Å²) in [6.45, 7) is 0. The van der Waals surface area contributed by atoms with Gasteiger partial charge in [-0.3, -0.25) is 14.8 Å².